The van der Waals surface area contributed by atoms with Crippen molar-refractivity contribution in [3.05, 3.63) is 17.5 Å². The first kappa shape index (κ1) is 22.7. The van der Waals surface area contributed by atoms with E-state index in [-0.39, 0.29) is 36.4 Å². The Hall–Kier alpha value is -1.32. The Morgan fingerprint density at radius 1 is 1.29 bits per heavy atom. The van der Waals surface area contributed by atoms with Crippen LogP contribution in [0.1, 0.15) is 45.1 Å². The first-order chi connectivity index (χ1) is 10.8. The summed E-state index contributed by atoms with van der Waals surface area (Å²) in [5, 5.41) is 10.4. The number of rotatable bonds is 7. The van der Waals surface area contributed by atoms with Crippen LogP contribution in [0.15, 0.2) is 15.6 Å². The molecule has 0 aliphatic rings. The number of hydrogen-bond acceptors (Lipinski definition) is 4. The molecule has 0 fully saturated rings. The fourth-order valence-electron chi connectivity index (χ4n) is 1.62. The number of aromatic nitrogens is 1. The summed E-state index contributed by atoms with van der Waals surface area (Å²) < 4.78 is 5.30. The van der Waals surface area contributed by atoms with Gasteiger partial charge in [-0.2, -0.15) is 0 Å². The summed E-state index contributed by atoms with van der Waals surface area (Å²) in [6.07, 6.45) is 0. The van der Waals surface area contributed by atoms with Crippen LogP contribution < -0.4 is 10.6 Å². The highest BCUT2D eigenvalue weighted by molar-refractivity contribution is 14.0. The molecule has 1 aromatic rings. The lowest BCUT2D eigenvalue weighted by Gasteiger charge is -2.14. The van der Waals surface area contributed by atoms with Gasteiger partial charge in [0.15, 0.2) is 11.7 Å². The normalized spacial score (nSPS) is 11.4. The van der Waals surface area contributed by atoms with Gasteiger partial charge in [-0.15, -0.1) is 24.0 Å². The monoisotopic (exact) mass is 451 g/mol. The summed E-state index contributed by atoms with van der Waals surface area (Å²) in [5.41, 5.74) is 0.929. The number of likely N-dealkylation sites (N-methyl/N-ethyl adjacent to an activating group) is 1. The molecule has 0 unspecified atom stereocenters. The van der Waals surface area contributed by atoms with E-state index < -0.39 is 0 Å². The van der Waals surface area contributed by atoms with E-state index in [0.717, 1.165) is 18.0 Å². The van der Waals surface area contributed by atoms with Crippen LogP contribution >= 0.6 is 24.0 Å². The smallest absolute Gasteiger partial charge is 0.243 e. The van der Waals surface area contributed by atoms with Crippen molar-refractivity contribution in [2.45, 2.75) is 40.2 Å². The van der Waals surface area contributed by atoms with Gasteiger partial charge in [-0.25, -0.2) is 4.99 Å². The molecule has 0 saturated heterocycles. The molecule has 138 valence electrons. The van der Waals surface area contributed by atoms with E-state index in [1.807, 2.05) is 6.07 Å². The second-order valence-electron chi connectivity index (χ2n) is 6.45. The maximum atomic E-state index is 11.7. The molecule has 0 bridgehead atoms. The van der Waals surface area contributed by atoms with Crippen LogP contribution in [-0.4, -0.2) is 49.1 Å². The van der Waals surface area contributed by atoms with Crippen molar-refractivity contribution >= 4 is 35.8 Å². The lowest BCUT2D eigenvalue weighted by molar-refractivity contribution is -0.127. The maximum absolute atomic E-state index is 11.7. The SMILES string of the molecule is CC(C)CNC(=NCC(=O)N(C)C)NCc1cc(C(C)C)no1.I. The zero-order valence-corrected chi connectivity index (χ0v) is 17.8. The van der Waals surface area contributed by atoms with E-state index in [1.54, 1.807) is 14.1 Å². The molecule has 7 nitrogen and oxygen atoms in total. The average Bonchev–Trinajstić information content (AvgIpc) is 2.94. The molecular weight excluding hydrogens is 421 g/mol. The summed E-state index contributed by atoms with van der Waals surface area (Å²) in [4.78, 5) is 17.5. The molecule has 24 heavy (non-hydrogen) atoms. The minimum absolute atomic E-state index is 0. The molecule has 0 saturated carbocycles. The Morgan fingerprint density at radius 2 is 1.96 bits per heavy atom. The fraction of sp³-hybridized carbons (Fsp3) is 0.688. The number of amides is 1. The first-order valence-corrected chi connectivity index (χ1v) is 7.97. The molecule has 1 heterocycles. The molecule has 0 aliphatic carbocycles. The van der Waals surface area contributed by atoms with Crippen molar-refractivity contribution in [2.24, 2.45) is 10.9 Å². The molecule has 0 radical (unpaired) electrons. The quantitative estimate of drug-likeness (QED) is 0.378. The lowest BCUT2D eigenvalue weighted by atomic mass is 10.1. The van der Waals surface area contributed by atoms with E-state index in [9.17, 15) is 4.79 Å². The highest BCUT2D eigenvalue weighted by Gasteiger charge is 2.09. The molecule has 0 aromatic carbocycles. The van der Waals surface area contributed by atoms with Crippen molar-refractivity contribution in [1.29, 1.82) is 0 Å². The Bertz CT molecular complexity index is 526. The highest BCUT2D eigenvalue weighted by atomic mass is 127. The van der Waals surface area contributed by atoms with Gasteiger partial charge in [0, 0.05) is 26.7 Å². The number of halogens is 1. The second-order valence-corrected chi connectivity index (χ2v) is 6.45. The van der Waals surface area contributed by atoms with Gasteiger partial charge in [-0.05, 0) is 11.8 Å². The molecular formula is C16H30IN5O2. The lowest BCUT2D eigenvalue weighted by Crippen LogP contribution is -2.39. The van der Waals surface area contributed by atoms with E-state index >= 15 is 0 Å². The van der Waals surface area contributed by atoms with E-state index in [0.29, 0.717) is 24.3 Å². The summed E-state index contributed by atoms with van der Waals surface area (Å²) in [5.74, 6) is 2.10. The Balaban J connectivity index is 0.00000529. The Morgan fingerprint density at radius 3 is 2.46 bits per heavy atom. The molecule has 0 atom stereocenters. The van der Waals surface area contributed by atoms with Gasteiger partial charge in [0.25, 0.3) is 0 Å². The molecule has 0 aliphatic heterocycles. The first-order valence-electron chi connectivity index (χ1n) is 7.97. The summed E-state index contributed by atoms with van der Waals surface area (Å²) in [6.45, 7) is 9.71. The third-order valence-corrected chi connectivity index (χ3v) is 3.15. The predicted octanol–water partition coefficient (Wildman–Crippen LogP) is 2.20. The van der Waals surface area contributed by atoms with Crippen LogP contribution in [0.3, 0.4) is 0 Å². The van der Waals surface area contributed by atoms with Crippen LogP contribution in [0, 0.1) is 5.92 Å². The molecule has 1 amide bonds. The number of hydrogen-bond donors (Lipinski definition) is 2. The zero-order chi connectivity index (χ0) is 17.4. The third-order valence-electron chi connectivity index (χ3n) is 3.15. The largest absolute Gasteiger partial charge is 0.359 e. The van der Waals surface area contributed by atoms with E-state index in [4.69, 9.17) is 4.52 Å². The topological polar surface area (TPSA) is 82.8 Å². The predicted molar refractivity (Wildman–Crippen MR) is 107 cm³/mol. The second kappa shape index (κ2) is 11.3. The fourth-order valence-corrected chi connectivity index (χ4v) is 1.62. The van der Waals surface area contributed by atoms with Gasteiger partial charge in [0.2, 0.25) is 5.91 Å². The van der Waals surface area contributed by atoms with E-state index in [2.05, 4.69) is 48.5 Å². The maximum Gasteiger partial charge on any atom is 0.243 e. The molecule has 2 N–H and O–H groups in total. The van der Waals surface area contributed by atoms with Crippen LogP contribution in [0.25, 0.3) is 0 Å². The minimum atomic E-state index is -0.0441. The van der Waals surface area contributed by atoms with Crippen LogP contribution in [-0.2, 0) is 11.3 Å². The van der Waals surface area contributed by atoms with Gasteiger partial charge in [0.1, 0.15) is 6.54 Å². The van der Waals surface area contributed by atoms with Crippen molar-refractivity contribution in [3.63, 3.8) is 0 Å². The molecule has 8 heteroatoms. The average molecular weight is 451 g/mol. The van der Waals surface area contributed by atoms with Gasteiger partial charge >= 0.3 is 0 Å². The summed E-state index contributed by atoms with van der Waals surface area (Å²) in [6, 6.07) is 1.93. The Labute approximate surface area is 161 Å². The van der Waals surface area contributed by atoms with Crippen LogP contribution in [0.4, 0.5) is 0 Å². The molecule has 0 spiro atoms. The molecule has 1 rings (SSSR count). The number of nitrogens with one attached hydrogen (secondary N) is 2. The third kappa shape index (κ3) is 8.51. The number of guanidine groups is 1. The van der Waals surface area contributed by atoms with Crippen molar-refractivity contribution in [3.8, 4) is 0 Å². The summed E-state index contributed by atoms with van der Waals surface area (Å²) in [7, 11) is 3.43. The van der Waals surface area contributed by atoms with Gasteiger partial charge in [-0.3, -0.25) is 4.79 Å². The van der Waals surface area contributed by atoms with Crippen molar-refractivity contribution in [1.82, 2.24) is 20.7 Å². The Kier molecular flexibility index (Phi) is 10.7. The standard InChI is InChI=1S/C16H29N5O2.HI/c1-11(2)8-17-16(19-10-15(22)21(5)6)18-9-13-7-14(12(3)4)20-23-13;/h7,11-12H,8-10H2,1-6H3,(H2,17,18,19);1H. The van der Waals surface area contributed by atoms with Gasteiger partial charge < -0.3 is 20.1 Å². The zero-order valence-electron chi connectivity index (χ0n) is 15.4. The van der Waals surface area contributed by atoms with Crippen LogP contribution in [0.5, 0.6) is 0 Å². The number of nitrogens with zero attached hydrogens (tertiary/aromatic N) is 3. The highest BCUT2D eigenvalue weighted by Crippen LogP contribution is 2.13. The van der Waals surface area contributed by atoms with Gasteiger partial charge in [-0.1, -0.05) is 32.9 Å². The minimum Gasteiger partial charge on any atom is -0.359 e. The number of carbonyl (C=O) groups is 1. The number of aliphatic imine (C=N–C) groups is 1. The van der Waals surface area contributed by atoms with Crippen molar-refractivity contribution < 1.29 is 9.32 Å². The number of carbonyl (C=O) groups excluding carboxylic acids is 1. The van der Waals surface area contributed by atoms with E-state index in [1.165, 1.54) is 4.90 Å². The van der Waals surface area contributed by atoms with Crippen molar-refractivity contribution in [2.75, 3.05) is 27.2 Å². The molecule has 1 aromatic heterocycles. The summed E-state index contributed by atoms with van der Waals surface area (Å²) >= 11 is 0. The van der Waals surface area contributed by atoms with Crippen LogP contribution in [0.2, 0.25) is 0 Å². The van der Waals surface area contributed by atoms with Gasteiger partial charge in [0.05, 0.1) is 12.2 Å².